The van der Waals surface area contributed by atoms with Crippen LogP contribution in [0.15, 0.2) is 101 Å². The minimum atomic E-state index is -4.89. The van der Waals surface area contributed by atoms with Gasteiger partial charge in [-0.25, -0.2) is 16.8 Å². The van der Waals surface area contributed by atoms with E-state index in [1.807, 2.05) is 0 Å². The Labute approximate surface area is 256 Å². The number of alkyl halides is 3. The van der Waals surface area contributed by atoms with Crippen LogP contribution in [0.25, 0.3) is 0 Å². The molecule has 4 aromatic carbocycles. The summed E-state index contributed by atoms with van der Waals surface area (Å²) in [5, 5.41) is 2.22. The number of benzene rings is 4. The molecule has 0 bridgehead atoms. The van der Waals surface area contributed by atoms with Crippen molar-refractivity contribution < 1.29 is 34.8 Å². The Balaban J connectivity index is 1.59. The van der Waals surface area contributed by atoms with Crippen LogP contribution in [-0.4, -0.2) is 29.3 Å². The molecule has 8 nitrogen and oxygen atoms in total. The van der Waals surface area contributed by atoms with Gasteiger partial charge in [0.05, 0.1) is 26.1 Å². The third kappa shape index (κ3) is 7.79. The van der Waals surface area contributed by atoms with Gasteiger partial charge in [0.2, 0.25) is 5.91 Å². The number of nitrogens with one attached hydrogen (secondary N) is 2. The van der Waals surface area contributed by atoms with Crippen molar-refractivity contribution >= 4 is 66.2 Å². The summed E-state index contributed by atoms with van der Waals surface area (Å²) in [6.45, 7) is 0.813. The summed E-state index contributed by atoms with van der Waals surface area (Å²) in [6, 6.07) is 19.0. The molecule has 2 N–H and O–H groups in total. The number of sulfonamides is 2. The van der Waals surface area contributed by atoms with Crippen LogP contribution in [0.2, 0.25) is 10.0 Å². The lowest BCUT2D eigenvalue weighted by atomic mass is 10.2. The topological polar surface area (TPSA) is 113 Å². The smallest absolute Gasteiger partial charge is 0.325 e. The van der Waals surface area contributed by atoms with Crippen LogP contribution in [0.1, 0.15) is 11.1 Å². The molecule has 0 aromatic heterocycles. The molecule has 0 aliphatic rings. The molecule has 1 amide bonds. The van der Waals surface area contributed by atoms with Crippen LogP contribution in [0.5, 0.6) is 0 Å². The number of amides is 1. The Morgan fingerprint density at radius 1 is 0.791 bits per heavy atom. The van der Waals surface area contributed by atoms with E-state index in [4.69, 9.17) is 23.2 Å². The summed E-state index contributed by atoms with van der Waals surface area (Å²) < 4.78 is 96.2. The molecule has 4 rings (SSSR count). The van der Waals surface area contributed by atoms with E-state index in [9.17, 15) is 34.8 Å². The van der Waals surface area contributed by atoms with Crippen LogP contribution in [-0.2, 0) is 31.0 Å². The minimum absolute atomic E-state index is 0.107. The predicted octanol–water partition coefficient (Wildman–Crippen LogP) is 6.96. The number of rotatable bonds is 9. The minimum Gasteiger partial charge on any atom is -0.325 e. The fourth-order valence-electron chi connectivity index (χ4n) is 3.82. The molecule has 0 fully saturated rings. The van der Waals surface area contributed by atoms with Gasteiger partial charge in [-0.3, -0.25) is 13.8 Å². The van der Waals surface area contributed by atoms with E-state index >= 15 is 0 Å². The molecule has 0 radical (unpaired) electrons. The Kier molecular flexibility index (Phi) is 9.30. The molecule has 226 valence electrons. The van der Waals surface area contributed by atoms with Crippen LogP contribution in [0.3, 0.4) is 0 Å². The number of nitrogens with zero attached hydrogens (tertiary/aromatic N) is 1. The van der Waals surface area contributed by atoms with Gasteiger partial charge in [-0.05, 0) is 85.8 Å². The van der Waals surface area contributed by atoms with E-state index in [1.54, 1.807) is 6.92 Å². The summed E-state index contributed by atoms with van der Waals surface area (Å²) in [5.74, 6) is -0.908. The maximum Gasteiger partial charge on any atom is 0.417 e. The third-order valence-corrected chi connectivity index (χ3v) is 9.75. The quantitative estimate of drug-likeness (QED) is 0.200. The van der Waals surface area contributed by atoms with Crippen molar-refractivity contribution in [2.75, 3.05) is 20.9 Å². The Morgan fingerprint density at radius 2 is 1.35 bits per heavy atom. The first kappa shape index (κ1) is 32.1. The highest BCUT2D eigenvalue weighted by molar-refractivity contribution is 7.93. The maximum atomic E-state index is 13.6. The normalized spacial score (nSPS) is 12.0. The van der Waals surface area contributed by atoms with E-state index in [2.05, 4.69) is 10.0 Å². The van der Waals surface area contributed by atoms with E-state index in [-0.39, 0.29) is 21.2 Å². The largest absolute Gasteiger partial charge is 0.417 e. The Bertz CT molecular complexity index is 1850. The van der Waals surface area contributed by atoms with Crippen LogP contribution >= 0.6 is 23.2 Å². The lowest BCUT2D eigenvalue weighted by Crippen LogP contribution is -2.38. The zero-order chi connectivity index (χ0) is 31.6. The number of anilines is 3. The highest BCUT2D eigenvalue weighted by atomic mass is 35.5. The first-order valence-electron chi connectivity index (χ1n) is 12.2. The van der Waals surface area contributed by atoms with Gasteiger partial charge in [0, 0.05) is 16.4 Å². The third-order valence-electron chi connectivity index (χ3n) is 5.98. The van der Waals surface area contributed by atoms with Gasteiger partial charge in [0.1, 0.15) is 6.54 Å². The summed E-state index contributed by atoms with van der Waals surface area (Å²) in [4.78, 5) is 12.6. The summed E-state index contributed by atoms with van der Waals surface area (Å²) in [7, 11) is -8.52. The van der Waals surface area contributed by atoms with Gasteiger partial charge in [0.25, 0.3) is 20.0 Å². The van der Waals surface area contributed by atoms with Crippen molar-refractivity contribution in [2.45, 2.75) is 22.9 Å². The summed E-state index contributed by atoms with van der Waals surface area (Å²) in [5.41, 5.74) is -0.604. The van der Waals surface area contributed by atoms with E-state index in [1.165, 1.54) is 72.8 Å². The lowest BCUT2D eigenvalue weighted by Gasteiger charge is -2.25. The molecule has 0 saturated carbocycles. The molecule has 15 heteroatoms. The van der Waals surface area contributed by atoms with Gasteiger partial charge in [-0.15, -0.1) is 0 Å². The van der Waals surface area contributed by atoms with Crippen LogP contribution in [0, 0.1) is 6.92 Å². The van der Waals surface area contributed by atoms with Crippen molar-refractivity contribution in [1.82, 2.24) is 0 Å². The fraction of sp³-hybridized carbons (Fsp3) is 0.107. The molecule has 0 saturated heterocycles. The van der Waals surface area contributed by atoms with Gasteiger partial charge >= 0.3 is 6.18 Å². The first-order chi connectivity index (χ1) is 20.1. The lowest BCUT2D eigenvalue weighted by molar-refractivity contribution is -0.137. The van der Waals surface area contributed by atoms with E-state index in [0.717, 1.165) is 17.7 Å². The fourth-order valence-corrected chi connectivity index (χ4v) is 6.64. The van der Waals surface area contributed by atoms with Crippen molar-refractivity contribution in [3.05, 3.63) is 112 Å². The van der Waals surface area contributed by atoms with E-state index < -0.39 is 54.9 Å². The number of hydrogen-bond acceptors (Lipinski definition) is 5. The summed E-state index contributed by atoms with van der Waals surface area (Å²) >= 11 is 11.5. The standard InChI is InChI=1S/C28H22Cl2F3N3O5S2/c1-18-2-11-24(12-3-18)43(40,41)36(22-10-15-26(30)25(16-22)28(31,32)33)17-27(37)34-20-8-13-23(14-9-20)42(38,39)35-21-6-4-19(29)5-7-21/h2-16,35H,17H2,1H3,(H,34,37). The molecule has 4 aromatic rings. The highest BCUT2D eigenvalue weighted by Gasteiger charge is 2.35. The number of carbonyl (C=O) groups is 1. The molecule has 0 spiro atoms. The number of hydrogen-bond donors (Lipinski definition) is 2. The van der Waals surface area contributed by atoms with Gasteiger partial charge in [-0.1, -0.05) is 40.9 Å². The number of aryl methyl sites for hydroxylation is 1. The SMILES string of the molecule is Cc1ccc(S(=O)(=O)N(CC(=O)Nc2ccc(S(=O)(=O)Nc3ccc(Cl)cc3)cc2)c2ccc(Cl)c(C(F)(F)F)c2)cc1. The molecule has 0 aliphatic heterocycles. The van der Waals surface area contributed by atoms with Crippen molar-refractivity contribution in [3.8, 4) is 0 Å². The van der Waals surface area contributed by atoms with Gasteiger partial charge in [-0.2, -0.15) is 13.2 Å². The molecule has 0 atom stereocenters. The maximum absolute atomic E-state index is 13.6. The second-order valence-electron chi connectivity index (χ2n) is 9.17. The molecule has 43 heavy (non-hydrogen) atoms. The second-order valence-corrected chi connectivity index (χ2v) is 13.6. The Hall–Kier alpha value is -3.78. The van der Waals surface area contributed by atoms with Crippen LogP contribution < -0.4 is 14.3 Å². The number of carbonyl (C=O) groups excluding carboxylic acids is 1. The first-order valence-corrected chi connectivity index (χ1v) is 15.9. The Morgan fingerprint density at radius 3 is 1.93 bits per heavy atom. The second kappa shape index (κ2) is 12.4. The molecule has 0 heterocycles. The average Bonchev–Trinajstić information content (AvgIpc) is 2.93. The predicted molar refractivity (Wildman–Crippen MR) is 159 cm³/mol. The van der Waals surface area contributed by atoms with E-state index in [0.29, 0.717) is 15.4 Å². The zero-order valence-electron chi connectivity index (χ0n) is 22.1. The zero-order valence-corrected chi connectivity index (χ0v) is 25.2. The monoisotopic (exact) mass is 671 g/mol. The molecular weight excluding hydrogens is 650 g/mol. The summed E-state index contributed by atoms with van der Waals surface area (Å²) in [6.07, 6.45) is -4.89. The van der Waals surface area contributed by atoms with Gasteiger partial charge in [0.15, 0.2) is 0 Å². The molecule has 0 unspecified atom stereocenters. The number of halogens is 5. The van der Waals surface area contributed by atoms with Crippen molar-refractivity contribution in [1.29, 1.82) is 0 Å². The van der Waals surface area contributed by atoms with Crippen molar-refractivity contribution in [2.24, 2.45) is 0 Å². The highest BCUT2D eigenvalue weighted by Crippen LogP contribution is 2.38. The van der Waals surface area contributed by atoms with Crippen LogP contribution in [0.4, 0.5) is 30.2 Å². The molecular formula is C28H22Cl2F3N3O5S2. The van der Waals surface area contributed by atoms with Gasteiger partial charge < -0.3 is 5.32 Å². The van der Waals surface area contributed by atoms with Crippen molar-refractivity contribution in [3.63, 3.8) is 0 Å². The average molecular weight is 673 g/mol. The molecule has 0 aliphatic carbocycles.